The highest BCUT2D eigenvalue weighted by molar-refractivity contribution is 7.99. The Kier molecular flexibility index (Phi) is 3.77. The van der Waals surface area contributed by atoms with Gasteiger partial charge in [0.15, 0.2) is 0 Å². The number of amides is 2. The van der Waals surface area contributed by atoms with Gasteiger partial charge in [0.1, 0.15) is 6.04 Å². The summed E-state index contributed by atoms with van der Waals surface area (Å²) in [6.45, 7) is 1.66. The highest BCUT2D eigenvalue weighted by Crippen LogP contribution is 2.26. The van der Waals surface area contributed by atoms with Gasteiger partial charge in [-0.3, -0.25) is 9.59 Å². The van der Waals surface area contributed by atoms with E-state index in [9.17, 15) is 9.59 Å². The highest BCUT2D eigenvalue weighted by atomic mass is 32.2. The van der Waals surface area contributed by atoms with E-state index in [4.69, 9.17) is 0 Å². The SMILES string of the molecule is O=C(C1CSCN1C(=O)c1cc2ccccn2c1)N1CCCC1. The van der Waals surface area contributed by atoms with Crippen molar-refractivity contribution in [3.05, 3.63) is 42.2 Å². The Morgan fingerprint density at radius 2 is 2.00 bits per heavy atom. The first kappa shape index (κ1) is 14.6. The fourth-order valence-electron chi connectivity index (χ4n) is 3.33. The zero-order valence-corrected chi connectivity index (χ0v) is 13.7. The molecule has 4 rings (SSSR count). The van der Waals surface area contributed by atoms with Gasteiger partial charge < -0.3 is 14.2 Å². The summed E-state index contributed by atoms with van der Waals surface area (Å²) in [5, 5.41) is 0. The maximum absolute atomic E-state index is 12.9. The molecule has 2 aromatic heterocycles. The lowest BCUT2D eigenvalue weighted by molar-refractivity contribution is -0.133. The Hall–Kier alpha value is -1.95. The van der Waals surface area contributed by atoms with Crippen LogP contribution in [0.2, 0.25) is 0 Å². The van der Waals surface area contributed by atoms with Crippen LogP contribution < -0.4 is 0 Å². The number of rotatable bonds is 2. The lowest BCUT2D eigenvalue weighted by Crippen LogP contribution is -2.48. The van der Waals surface area contributed by atoms with Crippen LogP contribution in [0, 0.1) is 0 Å². The van der Waals surface area contributed by atoms with E-state index in [-0.39, 0.29) is 17.9 Å². The molecule has 2 aromatic rings. The predicted octanol–water partition coefficient (Wildman–Crippen LogP) is 2.08. The first-order chi connectivity index (χ1) is 11.2. The standard InChI is InChI=1S/C17H19N3O2S/c21-16(13-9-14-5-1-2-8-19(14)10-13)20-12-23-11-15(20)17(22)18-6-3-4-7-18/h1-2,5,8-10,15H,3-4,6-7,11-12H2. The molecule has 0 aromatic carbocycles. The van der Waals surface area contributed by atoms with E-state index in [2.05, 4.69) is 0 Å². The topological polar surface area (TPSA) is 45.0 Å². The van der Waals surface area contributed by atoms with Gasteiger partial charge in [-0.05, 0) is 31.0 Å². The van der Waals surface area contributed by atoms with Gasteiger partial charge in [-0.1, -0.05) is 6.07 Å². The van der Waals surface area contributed by atoms with E-state index in [1.54, 1.807) is 16.7 Å². The van der Waals surface area contributed by atoms with Crippen molar-refractivity contribution in [2.75, 3.05) is 24.7 Å². The van der Waals surface area contributed by atoms with Gasteiger partial charge >= 0.3 is 0 Å². The lowest BCUT2D eigenvalue weighted by Gasteiger charge is -2.26. The van der Waals surface area contributed by atoms with E-state index in [1.165, 1.54) is 0 Å². The second-order valence-corrected chi connectivity index (χ2v) is 7.08. The Bertz CT molecular complexity index is 718. The fourth-order valence-corrected chi connectivity index (χ4v) is 4.48. The van der Waals surface area contributed by atoms with Crippen LogP contribution >= 0.6 is 11.8 Å². The smallest absolute Gasteiger partial charge is 0.256 e. The van der Waals surface area contributed by atoms with Crippen LogP contribution in [-0.4, -0.2) is 56.8 Å². The fraction of sp³-hybridized carbons (Fsp3) is 0.412. The third-order valence-corrected chi connectivity index (χ3v) is 5.61. The van der Waals surface area contributed by atoms with Crippen LogP contribution in [0.25, 0.3) is 5.52 Å². The summed E-state index contributed by atoms with van der Waals surface area (Å²) in [6, 6.07) is 7.45. The normalized spacial score (nSPS) is 21.3. The molecule has 23 heavy (non-hydrogen) atoms. The molecule has 1 unspecified atom stereocenters. The molecule has 0 saturated carbocycles. The summed E-state index contributed by atoms with van der Waals surface area (Å²) >= 11 is 1.66. The van der Waals surface area contributed by atoms with E-state index < -0.39 is 0 Å². The van der Waals surface area contributed by atoms with Crippen LogP contribution in [0.4, 0.5) is 0 Å². The van der Waals surface area contributed by atoms with E-state index in [0.29, 0.717) is 17.2 Å². The predicted molar refractivity (Wildman–Crippen MR) is 90.5 cm³/mol. The number of carbonyl (C=O) groups excluding carboxylic acids is 2. The second kappa shape index (κ2) is 5.92. The molecule has 0 bridgehead atoms. The third kappa shape index (κ3) is 2.61. The maximum atomic E-state index is 12.9. The quantitative estimate of drug-likeness (QED) is 0.847. The molecular weight excluding hydrogens is 310 g/mol. The minimum absolute atomic E-state index is 0.0451. The van der Waals surface area contributed by atoms with Crippen molar-refractivity contribution < 1.29 is 9.59 Å². The summed E-state index contributed by atoms with van der Waals surface area (Å²) in [6.07, 6.45) is 5.92. The Labute approximate surface area is 139 Å². The van der Waals surface area contributed by atoms with Crippen molar-refractivity contribution in [3.8, 4) is 0 Å². The molecule has 120 valence electrons. The molecule has 0 N–H and O–H groups in total. The van der Waals surface area contributed by atoms with Gasteiger partial charge in [-0.15, -0.1) is 11.8 Å². The van der Waals surface area contributed by atoms with Crippen LogP contribution in [0.5, 0.6) is 0 Å². The first-order valence-corrected chi connectivity index (χ1v) is 9.14. The molecule has 2 fully saturated rings. The van der Waals surface area contributed by atoms with Crippen molar-refractivity contribution >= 4 is 29.1 Å². The number of hydrogen-bond donors (Lipinski definition) is 0. The average Bonchev–Trinajstić information content (AvgIpc) is 3.32. The summed E-state index contributed by atoms with van der Waals surface area (Å²) in [5.74, 6) is 1.37. The van der Waals surface area contributed by atoms with Crippen molar-refractivity contribution in [2.45, 2.75) is 18.9 Å². The van der Waals surface area contributed by atoms with Gasteiger partial charge in [0.2, 0.25) is 5.91 Å². The summed E-state index contributed by atoms with van der Waals surface area (Å²) in [4.78, 5) is 29.2. The largest absolute Gasteiger partial charge is 0.341 e. The third-order valence-electron chi connectivity index (χ3n) is 4.60. The van der Waals surface area contributed by atoms with E-state index >= 15 is 0 Å². The number of aromatic nitrogens is 1. The molecule has 1 atom stereocenters. The minimum Gasteiger partial charge on any atom is -0.341 e. The molecule has 0 aliphatic carbocycles. The van der Waals surface area contributed by atoms with Crippen molar-refractivity contribution in [1.82, 2.24) is 14.2 Å². The minimum atomic E-state index is -0.311. The van der Waals surface area contributed by atoms with E-state index in [1.807, 2.05) is 46.0 Å². The molecule has 2 aliphatic rings. The highest BCUT2D eigenvalue weighted by Gasteiger charge is 2.38. The summed E-state index contributed by atoms with van der Waals surface area (Å²) in [7, 11) is 0. The molecular formula is C17H19N3O2S. The van der Waals surface area contributed by atoms with Gasteiger partial charge in [0.05, 0.1) is 11.4 Å². The van der Waals surface area contributed by atoms with Crippen molar-refractivity contribution in [1.29, 1.82) is 0 Å². The molecule has 6 heteroatoms. The Morgan fingerprint density at radius 1 is 1.17 bits per heavy atom. The number of carbonyl (C=O) groups is 2. The maximum Gasteiger partial charge on any atom is 0.256 e. The summed E-state index contributed by atoms with van der Waals surface area (Å²) < 4.78 is 1.94. The van der Waals surface area contributed by atoms with Crippen LogP contribution in [0.15, 0.2) is 36.7 Å². The zero-order chi connectivity index (χ0) is 15.8. The van der Waals surface area contributed by atoms with Crippen molar-refractivity contribution in [3.63, 3.8) is 0 Å². The average molecular weight is 329 g/mol. The number of thioether (sulfide) groups is 1. The number of hydrogen-bond acceptors (Lipinski definition) is 3. The monoisotopic (exact) mass is 329 g/mol. The number of nitrogens with zero attached hydrogens (tertiary/aromatic N) is 3. The van der Waals surface area contributed by atoms with Gasteiger partial charge in [-0.2, -0.15) is 0 Å². The Balaban J connectivity index is 1.57. The second-order valence-electron chi connectivity index (χ2n) is 6.08. The van der Waals surface area contributed by atoms with Gasteiger partial charge in [-0.25, -0.2) is 0 Å². The molecule has 2 saturated heterocycles. The first-order valence-electron chi connectivity index (χ1n) is 7.98. The van der Waals surface area contributed by atoms with E-state index in [0.717, 1.165) is 31.4 Å². The number of pyridine rings is 1. The molecule has 0 radical (unpaired) electrons. The molecule has 2 amide bonds. The molecule has 5 nitrogen and oxygen atoms in total. The van der Waals surface area contributed by atoms with Gasteiger partial charge in [0, 0.05) is 36.8 Å². The summed E-state index contributed by atoms with van der Waals surface area (Å²) in [5.41, 5.74) is 1.64. The zero-order valence-electron chi connectivity index (χ0n) is 12.9. The van der Waals surface area contributed by atoms with Crippen LogP contribution in [0.3, 0.4) is 0 Å². The molecule has 4 heterocycles. The van der Waals surface area contributed by atoms with Crippen molar-refractivity contribution in [2.24, 2.45) is 0 Å². The van der Waals surface area contributed by atoms with Gasteiger partial charge in [0.25, 0.3) is 5.91 Å². The van der Waals surface area contributed by atoms with Crippen LogP contribution in [0.1, 0.15) is 23.2 Å². The number of likely N-dealkylation sites (tertiary alicyclic amines) is 1. The number of fused-ring (bicyclic) bond motifs is 1. The molecule has 0 spiro atoms. The lowest BCUT2D eigenvalue weighted by atomic mass is 10.2. The van der Waals surface area contributed by atoms with Crippen LogP contribution in [-0.2, 0) is 4.79 Å². The molecule has 2 aliphatic heterocycles. The Morgan fingerprint density at radius 3 is 2.78 bits per heavy atom.